The normalized spacial score (nSPS) is 46.5. The van der Waals surface area contributed by atoms with Gasteiger partial charge in [0, 0.05) is 0 Å². The highest BCUT2D eigenvalue weighted by Crippen LogP contribution is 2.61. The van der Waals surface area contributed by atoms with Crippen LogP contribution >= 0.6 is 0 Å². The molecular formula is C48H70F13O38S-. The molecule has 0 saturated carbocycles. The Morgan fingerprint density at radius 2 is 0.380 bits per heavy atom. The van der Waals surface area contributed by atoms with E-state index in [1.54, 1.807) is 0 Å². The Bertz CT molecular complexity index is 2370. The number of aliphatic hydroxyl groups excluding tert-OH is 21. The lowest BCUT2D eigenvalue weighted by Crippen LogP contribution is -2.71. The molecule has 21 rings (SSSR count). The fourth-order valence-corrected chi connectivity index (χ4v) is 11.8. The minimum atomic E-state index is -8.29. The smallest absolute Gasteiger partial charge is 0.460 e. The largest absolute Gasteiger partial charge is 0.743 e. The minimum Gasteiger partial charge on any atom is -0.743 e. The first-order valence-electron chi connectivity index (χ1n) is 29.0. The van der Waals surface area contributed by atoms with Gasteiger partial charge in [-0.3, -0.25) is 0 Å². The summed E-state index contributed by atoms with van der Waals surface area (Å²) in [5.74, 6) is -32.6. The van der Waals surface area contributed by atoms with E-state index >= 15 is 0 Å². The molecule has 0 radical (unpaired) electrons. The van der Waals surface area contributed by atoms with E-state index in [1.165, 1.54) is 0 Å². The first kappa shape index (κ1) is 84.9. The minimum absolute atomic E-state index is 1.05. The summed E-state index contributed by atoms with van der Waals surface area (Å²) in [4.78, 5) is 0. The first-order valence-corrected chi connectivity index (χ1v) is 30.4. The van der Waals surface area contributed by atoms with Crippen molar-refractivity contribution < 1.29 is 244 Å². The lowest BCUT2D eigenvalue weighted by molar-refractivity contribution is -0.433. The van der Waals surface area contributed by atoms with Gasteiger partial charge in [0.15, 0.2) is 54.1 Å². The second kappa shape index (κ2) is 32.2. The number of hydrogen-bond acceptors (Lipinski definition) is 38. The maximum Gasteiger partial charge on any atom is 0.460 e. The van der Waals surface area contributed by atoms with Crippen LogP contribution in [0.5, 0.6) is 0 Å². The van der Waals surface area contributed by atoms with Gasteiger partial charge < -0.3 is 178 Å². The first-order chi connectivity index (χ1) is 46.2. The van der Waals surface area contributed by atoms with E-state index in [-0.39, 0.29) is 0 Å². The molecule has 0 unspecified atom stereocenters. The van der Waals surface area contributed by atoms with Gasteiger partial charge >= 0.3 is 35.1 Å². The molecule has 0 aliphatic carbocycles. The zero-order chi connectivity index (χ0) is 75.6. The molecule has 21 heterocycles. The zero-order valence-corrected chi connectivity index (χ0v) is 50.6. The highest BCUT2D eigenvalue weighted by molar-refractivity contribution is 7.86. The van der Waals surface area contributed by atoms with Crippen molar-refractivity contribution >= 4 is 10.1 Å². The molecule has 38 nitrogen and oxygen atoms in total. The number of ether oxygens (including phenoxy) is 14. The topological polar surface area (TPSA) is 611 Å². The van der Waals surface area contributed by atoms with E-state index in [2.05, 4.69) is 0 Å². The third-order valence-electron chi connectivity index (χ3n) is 17.0. The van der Waals surface area contributed by atoms with Gasteiger partial charge in [0.05, 0.1) is 46.2 Å². The molecule has 0 aromatic heterocycles. The van der Waals surface area contributed by atoms with Gasteiger partial charge in [-0.1, -0.05) is 0 Å². The molecule has 14 bridgehead atoms. The monoisotopic (exact) mass is 1530 g/mol. The summed E-state index contributed by atoms with van der Waals surface area (Å²) in [7, 11) is -7.86. The van der Waals surface area contributed by atoms with E-state index in [4.69, 9.17) is 66.3 Å². The van der Waals surface area contributed by atoms with Crippen molar-refractivity contribution in [3.63, 3.8) is 0 Å². The molecule has 35 atom stereocenters. The number of alkyl halides is 13. The van der Waals surface area contributed by atoms with E-state index in [1.807, 2.05) is 0 Å². The van der Waals surface area contributed by atoms with Crippen LogP contribution < -0.4 is 0 Å². The van der Waals surface area contributed by atoms with Crippen molar-refractivity contribution in [1.82, 2.24) is 0 Å². The van der Waals surface area contributed by atoms with Crippen LogP contribution in [0.15, 0.2) is 0 Å². The van der Waals surface area contributed by atoms with Gasteiger partial charge in [-0.25, -0.2) is 8.42 Å². The van der Waals surface area contributed by atoms with Gasteiger partial charge in [0.2, 0.25) is 0 Å². The van der Waals surface area contributed by atoms with Crippen LogP contribution in [-0.4, -0.2) is 417 Å². The molecular weight excluding hydrogens is 1460 g/mol. The Labute approximate surface area is 549 Å². The van der Waals surface area contributed by atoms with Crippen LogP contribution in [0.25, 0.3) is 0 Å². The summed E-state index contributed by atoms with van der Waals surface area (Å²) in [6.45, 7) is -7.33. The summed E-state index contributed by atoms with van der Waals surface area (Å²) < 4.78 is 269. The van der Waals surface area contributed by atoms with Crippen molar-refractivity contribution in [2.24, 2.45) is 0 Å². The maximum absolute atomic E-state index is 12.7. The average molecular weight is 1530 g/mol. The van der Waals surface area contributed by atoms with Crippen LogP contribution in [-0.2, 0) is 76.4 Å². The van der Waals surface area contributed by atoms with Gasteiger partial charge in [-0.2, -0.15) is 57.1 Å². The Hall–Kier alpha value is -2.40. The van der Waals surface area contributed by atoms with Crippen molar-refractivity contribution in [1.29, 1.82) is 0 Å². The predicted molar refractivity (Wildman–Crippen MR) is 269 cm³/mol. The molecule has 100 heavy (non-hydrogen) atoms. The van der Waals surface area contributed by atoms with Crippen molar-refractivity contribution in [2.45, 2.75) is 250 Å². The highest BCUT2D eigenvalue weighted by atomic mass is 32.2. The van der Waals surface area contributed by atoms with Gasteiger partial charge in [0.25, 0.3) is 0 Å². The Morgan fingerprint density at radius 3 is 0.500 bits per heavy atom. The van der Waals surface area contributed by atoms with Crippen LogP contribution in [0.4, 0.5) is 57.1 Å². The lowest BCUT2D eigenvalue weighted by atomic mass is 9.95. The van der Waals surface area contributed by atoms with Crippen LogP contribution in [0, 0.1) is 0 Å². The highest BCUT2D eigenvalue weighted by Gasteiger charge is 2.92. The number of aliphatic hydroxyl groups is 21. The maximum atomic E-state index is 12.7. The third-order valence-corrected chi connectivity index (χ3v) is 17.9. The van der Waals surface area contributed by atoms with Crippen LogP contribution in [0.1, 0.15) is 0 Å². The van der Waals surface area contributed by atoms with E-state index in [9.17, 15) is 177 Å². The van der Waals surface area contributed by atoms with Gasteiger partial charge in [0.1, 0.15) is 171 Å². The summed E-state index contributed by atoms with van der Waals surface area (Å²) in [5.41, 5.74) is 0. The van der Waals surface area contributed by atoms with Crippen molar-refractivity contribution in [2.75, 3.05) is 46.2 Å². The standard InChI is InChI=1S/C42H70O35.C6HF13O3S/c43-1-8-29-15(50)22(57)36(64-8)72-30-9(2-44)66-38(24(59)17(30)52)74-32-11(4-46)68-40(26(61)19(32)54)76-34-13(6-48)70-42(28(63)21(34)56)77-35-14(7-49)69-41(27(62)20(35)55)75-33-12(5-47)67-39(25(60)18(33)53)73-31-10(3-45)65-37(71-29)23(58)16(31)51;7-1(8,3(11,12)5(15,16)17)2(9,10)4(13,14)6(18,19)23(20,21)22/h8-63H,1-7H2;(H,20,21,22)/p-1/t8-,9-,10-,11-,12-,13-,14-,15-,16-,17-,18-,19-,20-,21-,22-,23-,24-,25-,26-,27-,28-,29-,30-,31-,32-,33-,34-,35-,36-,37-,38-,39-,40-,41-,42-;/m1./s1. The average Bonchev–Trinajstić information content (AvgIpc) is 0.703. The Kier molecular flexibility index (Phi) is 27.3. The third kappa shape index (κ3) is 15.7. The van der Waals surface area contributed by atoms with E-state index in [0.717, 1.165) is 0 Å². The van der Waals surface area contributed by atoms with Gasteiger partial charge in [-0.05, 0) is 0 Å². The number of hydrogen-bond donors (Lipinski definition) is 21. The number of halogens is 13. The quantitative estimate of drug-likeness (QED) is 0.0637. The molecule has 0 spiro atoms. The summed E-state index contributed by atoms with van der Waals surface area (Å²) in [6.07, 6.45) is -77.9. The molecule has 0 aromatic carbocycles. The molecule has 0 aromatic rings. The summed E-state index contributed by atoms with van der Waals surface area (Å²) in [5, 5.41) is 223. The van der Waals surface area contributed by atoms with Crippen LogP contribution in [0.2, 0.25) is 0 Å². The van der Waals surface area contributed by atoms with Crippen LogP contribution in [0.3, 0.4) is 0 Å². The van der Waals surface area contributed by atoms with E-state index < -0.39 is 306 Å². The summed E-state index contributed by atoms with van der Waals surface area (Å²) >= 11 is 0. The SMILES string of the molecule is O=S(=O)([O-])C(F)(F)C(F)(F)C(F)(F)C(F)(F)C(F)(F)C(F)(F)F.OC[C@H]1O[C@@H]2O[C@H]3[C@H](O)[C@@H](O)[C@@H](O[C@H]4[C@H](O)[C@@H](O)[C@@H](O[C@H]5[C@H](O)[C@@H](O)[C@@H](O[C@H]6[C@H](O)[C@@H](O)[C@@H](O[C@H]7[C@H](O)[C@@H](O)[C@@H](O[C@H]8[C@H](O)[C@@H](O)[C@@H](O[C@H]1[C@H](O)[C@H]2O)O[C@@H]8CO)O[C@@H]7CO)O[C@@H]6CO)O[C@@H]5CO)O[C@@H]4CO)O[C@@H]3CO. The van der Waals surface area contributed by atoms with E-state index in [0.29, 0.717) is 0 Å². The zero-order valence-electron chi connectivity index (χ0n) is 49.8. The second-order valence-corrected chi connectivity index (χ2v) is 24.8. The molecule has 588 valence electrons. The lowest BCUT2D eigenvalue weighted by Gasteiger charge is -2.50. The molecule has 0 amide bonds. The predicted octanol–water partition coefficient (Wildman–Crippen LogP) is -12.0. The summed E-state index contributed by atoms with van der Waals surface area (Å²) in [6, 6.07) is 0. The molecule has 21 fully saturated rings. The molecule has 21 aliphatic rings. The molecule has 21 N–H and O–H groups in total. The van der Waals surface area contributed by atoms with Crippen molar-refractivity contribution in [3.05, 3.63) is 0 Å². The van der Waals surface area contributed by atoms with Gasteiger partial charge in [-0.15, -0.1) is 0 Å². The fraction of sp³-hybridized carbons (Fsp3) is 1.00. The molecule has 21 saturated heterocycles. The number of rotatable bonds is 12. The fourth-order valence-electron chi connectivity index (χ4n) is 11.3. The second-order valence-electron chi connectivity index (χ2n) is 23.4. The Morgan fingerprint density at radius 1 is 0.240 bits per heavy atom. The molecule has 21 aliphatic heterocycles. The van der Waals surface area contributed by atoms with Crippen molar-refractivity contribution in [3.8, 4) is 0 Å². The molecule has 52 heteroatoms. The Balaban J connectivity index is 0.000000522.